The zero-order valence-electron chi connectivity index (χ0n) is 39.0. The summed E-state index contributed by atoms with van der Waals surface area (Å²) in [6, 6.07) is 15.9. The third-order valence-electron chi connectivity index (χ3n) is 11.6. The normalized spacial score (nSPS) is 14.7. The van der Waals surface area contributed by atoms with E-state index in [1.165, 1.54) is 0 Å². The van der Waals surface area contributed by atoms with E-state index in [0.717, 1.165) is 11.1 Å². The minimum atomic E-state index is -1.19. The number of carbonyl (C=O) groups is 7. The average Bonchev–Trinajstić information content (AvgIpc) is 3.25. The van der Waals surface area contributed by atoms with E-state index >= 15 is 0 Å². The first-order valence-corrected chi connectivity index (χ1v) is 23.4. The first kappa shape index (κ1) is 55.3. The van der Waals surface area contributed by atoms with E-state index in [4.69, 9.17) is 17.2 Å². The third-order valence-corrected chi connectivity index (χ3v) is 11.6. The number of Topliss-reactive ketones (excluding diaryl/α,β-unsaturated/α-hetero) is 3. The second-order valence-corrected chi connectivity index (χ2v) is 18.4. The zero-order chi connectivity index (χ0) is 47.6. The van der Waals surface area contributed by atoms with E-state index in [2.05, 4.69) is 16.0 Å². The van der Waals surface area contributed by atoms with Crippen LogP contribution in [0.4, 0.5) is 0 Å². The van der Waals surface area contributed by atoms with Gasteiger partial charge in [-0.2, -0.15) is 0 Å². The van der Waals surface area contributed by atoms with Gasteiger partial charge < -0.3 is 38.3 Å². The molecule has 7 atom stereocenters. The van der Waals surface area contributed by atoms with E-state index in [0.29, 0.717) is 76.8 Å². The van der Waals surface area contributed by atoms with Crippen LogP contribution in [-0.2, 0) is 46.4 Å². The number of nitrogens with two attached hydrogens (primary N) is 3. The number of carboxylic acids is 1. The van der Waals surface area contributed by atoms with Gasteiger partial charge in [0.05, 0.1) is 12.1 Å². The number of aliphatic carboxylic acids is 1. The van der Waals surface area contributed by atoms with Gasteiger partial charge in [-0.25, -0.2) is 4.79 Å². The highest BCUT2D eigenvalue weighted by atomic mass is 16.4. The van der Waals surface area contributed by atoms with Gasteiger partial charge in [0.2, 0.25) is 17.7 Å². The maximum atomic E-state index is 14.0. The van der Waals surface area contributed by atoms with Crippen LogP contribution in [0.2, 0.25) is 0 Å². The predicted octanol–water partition coefficient (Wildman–Crippen LogP) is 5.07. The summed E-state index contributed by atoms with van der Waals surface area (Å²) in [7, 11) is 0. The molecular weight excluding hydrogens is 813 g/mol. The number of carbonyl (C=O) groups excluding carboxylic acids is 6. The van der Waals surface area contributed by atoms with Gasteiger partial charge in [-0.3, -0.25) is 28.8 Å². The fourth-order valence-corrected chi connectivity index (χ4v) is 7.99. The molecular formula is C50H78N6O8. The number of nitrogens with one attached hydrogen (secondary N) is 3. The number of ketones is 3. The number of carboxylic acid groups (broad SMARTS) is 1. The van der Waals surface area contributed by atoms with Crippen LogP contribution in [0.15, 0.2) is 60.7 Å². The van der Waals surface area contributed by atoms with E-state index in [9.17, 15) is 38.7 Å². The molecule has 0 bridgehead atoms. The zero-order valence-corrected chi connectivity index (χ0v) is 39.0. The molecule has 356 valence electrons. The van der Waals surface area contributed by atoms with Crippen molar-refractivity contribution in [2.24, 2.45) is 52.7 Å². The van der Waals surface area contributed by atoms with Crippen LogP contribution in [0.1, 0.15) is 123 Å². The topological polar surface area (TPSA) is 254 Å². The Morgan fingerprint density at radius 3 is 1.56 bits per heavy atom. The fourth-order valence-electron chi connectivity index (χ4n) is 7.99. The molecule has 14 heteroatoms. The van der Waals surface area contributed by atoms with Crippen LogP contribution in [0.25, 0.3) is 0 Å². The van der Waals surface area contributed by atoms with E-state index in [-0.39, 0.29) is 73.7 Å². The minimum Gasteiger partial charge on any atom is -0.480 e. The van der Waals surface area contributed by atoms with Gasteiger partial charge in [-0.05, 0) is 107 Å². The lowest BCUT2D eigenvalue weighted by Crippen LogP contribution is -2.47. The molecule has 14 nitrogen and oxygen atoms in total. The molecule has 10 N–H and O–H groups in total. The number of unbranched alkanes of at least 4 members (excludes halogenated alkanes) is 1. The summed E-state index contributed by atoms with van der Waals surface area (Å²) in [4.78, 5) is 93.4. The van der Waals surface area contributed by atoms with Crippen LogP contribution in [0, 0.1) is 35.5 Å². The molecule has 0 aliphatic carbocycles. The number of hydrogen-bond acceptors (Lipinski definition) is 10. The van der Waals surface area contributed by atoms with Gasteiger partial charge in [0.15, 0.2) is 11.6 Å². The molecule has 0 fully saturated rings. The fraction of sp³-hybridized carbons (Fsp3) is 0.620. The van der Waals surface area contributed by atoms with Crippen molar-refractivity contribution in [2.75, 3.05) is 19.6 Å². The lowest BCUT2D eigenvalue weighted by atomic mass is 9.87. The number of amides is 3. The highest BCUT2D eigenvalue weighted by molar-refractivity contribution is 5.95. The number of hydrogen-bond donors (Lipinski definition) is 7. The molecule has 0 aliphatic rings. The maximum absolute atomic E-state index is 14.0. The largest absolute Gasteiger partial charge is 0.480 e. The highest BCUT2D eigenvalue weighted by Gasteiger charge is 2.32. The van der Waals surface area contributed by atoms with Crippen molar-refractivity contribution < 1.29 is 38.7 Å². The standard InChI is InChI=1S/C50H78N6O8/c1-33(2)26-35(5)44(57)30-39(21-15-24-52)48(61)55-42(50(63)64)22-12-13-25-54-47(60)38(20-14-23-51)31-46(59)43(27-34(3)4)56-49(62)40(28-36-16-8-6-9-17-36)32-45(58)41(53)29-37-18-10-7-11-19-37/h6-11,16-19,33-35,38-43H,12-15,20-32,51-53H2,1-5H3,(H,54,60)(H,55,61)(H,56,62)(H,63,64)/t35-,38+,39+,40+,41-,42?,43-/m1/s1. The van der Waals surface area contributed by atoms with Crippen LogP contribution < -0.4 is 33.2 Å². The highest BCUT2D eigenvalue weighted by Crippen LogP contribution is 2.22. The van der Waals surface area contributed by atoms with Crippen LogP contribution >= 0.6 is 0 Å². The molecule has 0 spiro atoms. The molecule has 3 amide bonds. The summed E-state index contributed by atoms with van der Waals surface area (Å²) < 4.78 is 0. The summed E-state index contributed by atoms with van der Waals surface area (Å²) in [6.45, 7) is 10.7. The molecule has 0 saturated carbocycles. The van der Waals surface area contributed by atoms with Gasteiger partial charge in [0.25, 0.3) is 0 Å². The molecule has 0 heterocycles. The predicted molar refractivity (Wildman–Crippen MR) is 251 cm³/mol. The smallest absolute Gasteiger partial charge is 0.326 e. The second-order valence-electron chi connectivity index (χ2n) is 18.4. The molecule has 2 aromatic rings. The summed E-state index contributed by atoms with van der Waals surface area (Å²) in [5, 5.41) is 18.4. The third kappa shape index (κ3) is 21.7. The van der Waals surface area contributed by atoms with Crippen molar-refractivity contribution in [3.8, 4) is 0 Å². The second kappa shape index (κ2) is 30.4. The molecule has 0 aliphatic heterocycles. The quantitative estimate of drug-likeness (QED) is 0.0457. The van der Waals surface area contributed by atoms with E-state index < -0.39 is 53.7 Å². The average molecular weight is 891 g/mol. The van der Waals surface area contributed by atoms with Gasteiger partial charge in [0.1, 0.15) is 11.8 Å². The summed E-state index contributed by atoms with van der Waals surface area (Å²) in [5.41, 5.74) is 19.6. The Morgan fingerprint density at radius 2 is 1.03 bits per heavy atom. The van der Waals surface area contributed by atoms with Gasteiger partial charge in [0, 0.05) is 49.5 Å². The summed E-state index contributed by atoms with van der Waals surface area (Å²) in [5.74, 6) is -5.09. The van der Waals surface area contributed by atoms with Gasteiger partial charge in [-0.1, -0.05) is 95.3 Å². The molecule has 0 aromatic heterocycles. The van der Waals surface area contributed by atoms with Crippen LogP contribution in [-0.4, -0.2) is 83.9 Å². The Bertz CT molecular complexity index is 1740. The lowest BCUT2D eigenvalue weighted by molar-refractivity contribution is -0.143. The van der Waals surface area contributed by atoms with Crippen LogP contribution in [0.3, 0.4) is 0 Å². The number of benzene rings is 2. The molecule has 2 rings (SSSR count). The molecule has 64 heavy (non-hydrogen) atoms. The van der Waals surface area contributed by atoms with Crippen molar-refractivity contribution in [1.29, 1.82) is 0 Å². The Kier molecular flexibility index (Phi) is 26.3. The van der Waals surface area contributed by atoms with Crippen molar-refractivity contribution in [3.05, 3.63) is 71.8 Å². The molecule has 2 aromatic carbocycles. The van der Waals surface area contributed by atoms with Crippen molar-refractivity contribution in [1.82, 2.24) is 16.0 Å². The first-order chi connectivity index (χ1) is 30.4. The summed E-state index contributed by atoms with van der Waals surface area (Å²) >= 11 is 0. The van der Waals surface area contributed by atoms with Crippen molar-refractivity contribution in [3.63, 3.8) is 0 Å². The maximum Gasteiger partial charge on any atom is 0.326 e. The molecule has 1 unspecified atom stereocenters. The number of rotatable bonds is 34. The van der Waals surface area contributed by atoms with Gasteiger partial charge in [-0.15, -0.1) is 0 Å². The monoisotopic (exact) mass is 891 g/mol. The lowest BCUT2D eigenvalue weighted by Gasteiger charge is -2.25. The minimum absolute atomic E-state index is 0.0243. The van der Waals surface area contributed by atoms with Crippen molar-refractivity contribution in [2.45, 2.75) is 143 Å². The molecule has 0 radical (unpaired) electrons. The first-order valence-electron chi connectivity index (χ1n) is 23.4. The summed E-state index contributed by atoms with van der Waals surface area (Å²) in [6.07, 6.45) is 4.05. The Hall–Kier alpha value is -4.79. The Morgan fingerprint density at radius 1 is 0.547 bits per heavy atom. The Labute approximate surface area is 381 Å². The van der Waals surface area contributed by atoms with E-state index in [1.54, 1.807) is 0 Å². The van der Waals surface area contributed by atoms with Gasteiger partial charge >= 0.3 is 5.97 Å². The Balaban J connectivity index is 2.08. The van der Waals surface area contributed by atoms with E-state index in [1.807, 2.05) is 95.3 Å². The SMILES string of the molecule is CC(C)C[C@@H](C)C(=O)C[C@H](CCCN)C(=O)NC(CCCCNC(=O)[C@@H](CCCN)CC(=O)[C@@H](CC(C)C)NC(=O)[C@H](CC(=O)[C@H](N)Cc1ccccc1)Cc1ccccc1)C(=O)O. The molecule has 0 saturated heterocycles. The van der Waals surface area contributed by atoms with Crippen molar-refractivity contribution >= 4 is 41.0 Å². The van der Waals surface area contributed by atoms with Crippen LogP contribution in [0.5, 0.6) is 0 Å².